The molecule has 5 heteroatoms. The number of nitrogens with zero attached hydrogens (tertiary/aromatic N) is 2. The standard InChI is InChI=1S/C20H31N3O2/c1-16(2)7-10-23-14-17-5-6-18(23)15-22(13-17)9-8-20(24)21-12-19-4-3-11-25-19/h3-4,7,11,17-18H,5-6,8-10,12-15H2,1-2H3,(H,21,24)/t17-,18+/m1/s1. The molecule has 2 bridgehead atoms. The Hall–Kier alpha value is -1.59. The molecule has 5 nitrogen and oxygen atoms in total. The van der Waals surface area contributed by atoms with Crippen LogP contribution in [-0.2, 0) is 11.3 Å². The normalized spacial score (nSPS) is 24.1. The van der Waals surface area contributed by atoms with Crippen molar-refractivity contribution in [3.05, 3.63) is 35.8 Å². The Morgan fingerprint density at radius 1 is 1.32 bits per heavy atom. The molecule has 25 heavy (non-hydrogen) atoms. The number of amides is 1. The molecule has 0 saturated carbocycles. The number of hydrogen-bond donors (Lipinski definition) is 1. The summed E-state index contributed by atoms with van der Waals surface area (Å²) in [4.78, 5) is 17.2. The maximum absolute atomic E-state index is 12.1. The first-order valence-corrected chi connectivity index (χ1v) is 9.49. The zero-order valence-corrected chi connectivity index (χ0v) is 15.5. The van der Waals surface area contributed by atoms with E-state index in [0.717, 1.165) is 37.9 Å². The van der Waals surface area contributed by atoms with Crippen LogP contribution in [0.5, 0.6) is 0 Å². The minimum atomic E-state index is 0.106. The monoisotopic (exact) mass is 345 g/mol. The lowest BCUT2D eigenvalue weighted by molar-refractivity contribution is -0.121. The minimum Gasteiger partial charge on any atom is -0.467 e. The molecule has 1 aromatic rings. The molecule has 0 spiro atoms. The molecule has 138 valence electrons. The van der Waals surface area contributed by atoms with Gasteiger partial charge in [0.05, 0.1) is 12.8 Å². The highest BCUT2D eigenvalue weighted by atomic mass is 16.3. The lowest BCUT2D eigenvalue weighted by atomic mass is 9.95. The van der Waals surface area contributed by atoms with Crippen molar-refractivity contribution in [3.8, 4) is 0 Å². The number of nitrogens with one attached hydrogen (secondary N) is 1. The molecule has 1 amide bonds. The van der Waals surface area contributed by atoms with Crippen molar-refractivity contribution >= 4 is 5.91 Å². The van der Waals surface area contributed by atoms with E-state index < -0.39 is 0 Å². The summed E-state index contributed by atoms with van der Waals surface area (Å²) in [7, 11) is 0. The summed E-state index contributed by atoms with van der Waals surface area (Å²) >= 11 is 0. The van der Waals surface area contributed by atoms with E-state index in [2.05, 4.69) is 35.0 Å². The Balaban J connectivity index is 1.44. The van der Waals surface area contributed by atoms with E-state index in [1.165, 1.54) is 25.0 Å². The maximum Gasteiger partial charge on any atom is 0.221 e. The molecule has 0 aliphatic carbocycles. The fourth-order valence-electron chi connectivity index (χ4n) is 3.93. The van der Waals surface area contributed by atoms with Crippen molar-refractivity contribution < 1.29 is 9.21 Å². The molecule has 0 radical (unpaired) electrons. The van der Waals surface area contributed by atoms with Gasteiger partial charge < -0.3 is 14.6 Å². The van der Waals surface area contributed by atoms with Gasteiger partial charge in [-0.05, 0) is 44.7 Å². The highest BCUT2D eigenvalue weighted by molar-refractivity contribution is 5.75. The van der Waals surface area contributed by atoms with Gasteiger partial charge in [-0.25, -0.2) is 0 Å². The SMILES string of the molecule is CC(C)=CCN1C[C@@H]2CC[C@H]1CN(CCC(=O)NCc1ccco1)C2. The molecule has 3 aliphatic rings. The summed E-state index contributed by atoms with van der Waals surface area (Å²) in [5, 5.41) is 2.94. The first kappa shape index (κ1) is 18.2. The smallest absolute Gasteiger partial charge is 0.221 e. The molecule has 0 unspecified atom stereocenters. The largest absolute Gasteiger partial charge is 0.467 e. The van der Waals surface area contributed by atoms with Gasteiger partial charge in [0.2, 0.25) is 5.91 Å². The van der Waals surface area contributed by atoms with E-state index >= 15 is 0 Å². The molecule has 3 aliphatic heterocycles. The summed E-state index contributed by atoms with van der Waals surface area (Å²) in [5.41, 5.74) is 1.39. The van der Waals surface area contributed by atoms with Crippen LogP contribution in [0.4, 0.5) is 0 Å². The third-order valence-corrected chi connectivity index (χ3v) is 5.33. The van der Waals surface area contributed by atoms with Crippen molar-refractivity contribution in [1.29, 1.82) is 0 Å². The van der Waals surface area contributed by atoms with E-state index in [9.17, 15) is 4.79 Å². The van der Waals surface area contributed by atoms with Crippen molar-refractivity contribution in [2.75, 3.05) is 32.7 Å². The van der Waals surface area contributed by atoms with E-state index in [-0.39, 0.29) is 5.91 Å². The fraction of sp³-hybridized carbons (Fsp3) is 0.650. The van der Waals surface area contributed by atoms with E-state index in [1.54, 1.807) is 6.26 Å². The minimum absolute atomic E-state index is 0.106. The second-order valence-electron chi connectivity index (χ2n) is 7.70. The van der Waals surface area contributed by atoms with Gasteiger partial charge in [0.1, 0.15) is 5.76 Å². The second-order valence-corrected chi connectivity index (χ2v) is 7.70. The molecular formula is C20H31N3O2. The van der Waals surface area contributed by atoms with Gasteiger partial charge in [-0.15, -0.1) is 0 Å². The first-order valence-electron chi connectivity index (χ1n) is 9.49. The fourth-order valence-corrected chi connectivity index (χ4v) is 3.93. The quantitative estimate of drug-likeness (QED) is 0.772. The molecule has 4 rings (SSSR count). The van der Waals surface area contributed by atoms with Crippen LogP contribution in [0.2, 0.25) is 0 Å². The molecule has 2 atom stereocenters. The van der Waals surface area contributed by atoms with Crippen LogP contribution < -0.4 is 5.32 Å². The summed E-state index contributed by atoms with van der Waals surface area (Å²) in [5.74, 6) is 1.65. The van der Waals surface area contributed by atoms with Crippen molar-refractivity contribution in [2.45, 2.75) is 45.7 Å². The van der Waals surface area contributed by atoms with Gasteiger partial charge in [-0.2, -0.15) is 0 Å². The lowest BCUT2D eigenvalue weighted by Crippen LogP contribution is -2.44. The summed E-state index contributed by atoms with van der Waals surface area (Å²) in [6.45, 7) is 10.2. The number of hydrogen-bond acceptors (Lipinski definition) is 4. The third-order valence-electron chi connectivity index (χ3n) is 5.33. The Bertz CT molecular complexity index is 578. The van der Waals surface area contributed by atoms with E-state index in [1.807, 2.05) is 12.1 Å². The van der Waals surface area contributed by atoms with Crippen LogP contribution in [0.3, 0.4) is 0 Å². The number of piperidine rings is 1. The number of carbonyl (C=O) groups is 1. The summed E-state index contributed by atoms with van der Waals surface area (Å²) in [6.07, 6.45) is 7.16. The zero-order valence-electron chi connectivity index (χ0n) is 15.5. The predicted molar refractivity (Wildman–Crippen MR) is 99.1 cm³/mol. The van der Waals surface area contributed by atoms with Gasteiger partial charge in [0.25, 0.3) is 0 Å². The molecule has 0 aromatic carbocycles. The van der Waals surface area contributed by atoms with Crippen LogP contribution in [0.1, 0.15) is 38.9 Å². The number of carbonyl (C=O) groups excluding carboxylic acids is 1. The lowest BCUT2D eigenvalue weighted by Gasteiger charge is -2.35. The molecule has 3 saturated heterocycles. The Kier molecular flexibility index (Phi) is 6.32. The average molecular weight is 345 g/mol. The number of allylic oxidation sites excluding steroid dienone is 1. The Morgan fingerprint density at radius 2 is 2.20 bits per heavy atom. The molecule has 1 aromatic heterocycles. The Morgan fingerprint density at radius 3 is 2.96 bits per heavy atom. The molecule has 4 heterocycles. The van der Waals surface area contributed by atoms with Gasteiger partial charge in [0, 0.05) is 45.2 Å². The van der Waals surface area contributed by atoms with E-state index in [4.69, 9.17) is 4.42 Å². The van der Waals surface area contributed by atoms with Crippen LogP contribution >= 0.6 is 0 Å². The molecule has 3 fully saturated rings. The van der Waals surface area contributed by atoms with Gasteiger partial charge >= 0.3 is 0 Å². The zero-order chi connectivity index (χ0) is 17.6. The van der Waals surface area contributed by atoms with Gasteiger partial charge in [0.15, 0.2) is 0 Å². The number of furan rings is 1. The first-order chi connectivity index (χ1) is 12.1. The molecular weight excluding hydrogens is 314 g/mol. The predicted octanol–water partition coefficient (Wildman–Crippen LogP) is 2.65. The van der Waals surface area contributed by atoms with Gasteiger partial charge in [-0.3, -0.25) is 9.69 Å². The van der Waals surface area contributed by atoms with E-state index in [0.29, 0.717) is 19.0 Å². The number of rotatable bonds is 7. The van der Waals surface area contributed by atoms with Crippen LogP contribution in [0, 0.1) is 5.92 Å². The maximum atomic E-state index is 12.1. The summed E-state index contributed by atoms with van der Waals surface area (Å²) in [6, 6.07) is 4.36. The average Bonchev–Trinajstić information content (AvgIpc) is 2.96. The molecule has 1 N–H and O–H groups in total. The van der Waals surface area contributed by atoms with Crippen LogP contribution in [0.25, 0.3) is 0 Å². The summed E-state index contributed by atoms with van der Waals surface area (Å²) < 4.78 is 5.25. The topological polar surface area (TPSA) is 48.7 Å². The van der Waals surface area contributed by atoms with Gasteiger partial charge in [-0.1, -0.05) is 11.6 Å². The van der Waals surface area contributed by atoms with Crippen LogP contribution in [-0.4, -0.2) is 54.5 Å². The third kappa shape index (κ3) is 5.44. The van der Waals surface area contributed by atoms with Crippen molar-refractivity contribution in [3.63, 3.8) is 0 Å². The number of fused-ring (bicyclic) bond motifs is 4. The van der Waals surface area contributed by atoms with Crippen molar-refractivity contribution in [1.82, 2.24) is 15.1 Å². The highest BCUT2D eigenvalue weighted by Crippen LogP contribution is 2.28. The highest BCUT2D eigenvalue weighted by Gasteiger charge is 2.34. The second kappa shape index (κ2) is 8.68. The van der Waals surface area contributed by atoms with Crippen LogP contribution in [0.15, 0.2) is 34.5 Å². The Labute approximate surface area is 151 Å². The van der Waals surface area contributed by atoms with Crippen molar-refractivity contribution in [2.24, 2.45) is 5.92 Å².